The van der Waals surface area contributed by atoms with Crippen LogP contribution in [0.2, 0.25) is 0 Å². The topological polar surface area (TPSA) is 126 Å². The Bertz CT molecular complexity index is 1530. The van der Waals surface area contributed by atoms with E-state index in [4.69, 9.17) is 0 Å². The van der Waals surface area contributed by atoms with Gasteiger partial charge in [0.15, 0.2) is 0 Å². The number of hydrogen-bond donors (Lipinski definition) is 3. The van der Waals surface area contributed by atoms with Crippen molar-refractivity contribution in [3.05, 3.63) is 48.3 Å². The van der Waals surface area contributed by atoms with E-state index in [0.29, 0.717) is 39.8 Å². The molecule has 206 valence electrons. The number of aliphatic hydroxyl groups is 1. The second-order valence-electron chi connectivity index (χ2n) is 11.7. The van der Waals surface area contributed by atoms with Crippen molar-refractivity contribution in [1.82, 2.24) is 24.4 Å². The predicted octanol–water partition coefficient (Wildman–Crippen LogP) is 5.10. The molecule has 1 unspecified atom stereocenters. The largest absolute Gasteiger partial charge is 0.394 e. The minimum atomic E-state index is -0.520. The summed E-state index contributed by atoms with van der Waals surface area (Å²) in [5.41, 5.74) is 2.70. The van der Waals surface area contributed by atoms with Gasteiger partial charge in [0.2, 0.25) is 5.91 Å². The van der Waals surface area contributed by atoms with Crippen molar-refractivity contribution in [3.63, 3.8) is 0 Å². The fraction of sp³-hybridized carbons (Fsp3) is 0.464. The van der Waals surface area contributed by atoms with Crippen LogP contribution >= 0.6 is 11.3 Å². The van der Waals surface area contributed by atoms with Gasteiger partial charge in [0.1, 0.15) is 4.83 Å². The van der Waals surface area contributed by atoms with Crippen molar-refractivity contribution in [2.75, 3.05) is 17.2 Å². The molecule has 1 aliphatic rings. The monoisotopic (exact) mass is 549 g/mol. The average Bonchev–Trinajstić information content (AvgIpc) is 3.65. The van der Waals surface area contributed by atoms with Gasteiger partial charge in [-0.2, -0.15) is 10.2 Å². The maximum absolute atomic E-state index is 13.3. The lowest BCUT2D eigenvalue weighted by atomic mass is 9.80. The van der Waals surface area contributed by atoms with E-state index in [1.54, 1.807) is 33.9 Å². The van der Waals surface area contributed by atoms with Crippen LogP contribution in [-0.4, -0.2) is 47.9 Å². The number of rotatable bonds is 8. The number of hydrogen-bond acceptors (Lipinski definition) is 7. The first-order valence-electron chi connectivity index (χ1n) is 13.2. The van der Waals surface area contributed by atoms with Crippen LogP contribution in [-0.2, 0) is 10.3 Å². The molecular formula is C28H35N7O3S. The van der Waals surface area contributed by atoms with Crippen LogP contribution < -0.4 is 10.6 Å². The Labute approximate surface area is 231 Å². The van der Waals surface area contributed by atoms with Gasteiger partial charge in [0, 0.05) is 24.4 Å². The zero-order chi connectivity index (χ0) is 27.9. The van der Waals surface area contributed by atoms with Crippen molar-refractivity contribution in [1.29, 1.82) is 0 Å². The molecule has 0 spiro atoms. The Morgan fingerprint density at radius 2 is 1.97 bits per heavy atom. The molecule has 3 N–H and O–H groups in total. The molecule has 0 saturated heterocycles. The van der Waals surface area contributed by atoms with Crippen LogP contribution in [0.15, 0.2) is 37.1 Å². The number of nitrogens with zero attached hydrogens (tertiary/aromatic N) is 5. The standard InChI is InChI=1S/C28H35N7O3S/c1-17-22(10-20(12-29-17)32-24(37)9-19-7-6-8-27(19,2)3)33-25(38)21-13-30-34-15-23(39-26(21)34)18-11-31-35(14-18)28(4,5)16-36/h10-15,19,36H,6-9,16H2,1-5H3,(H,32,37)(H,33,38). The fourth-order valence-electron chi connectivity index (χ4n) is 5.06. The number of aryl methyl sites for hydroxylation is 1. The van der Waals surface area contributed by atoms with Gasteiger partial charge in [-0.15, -0.1) is 11.3 Å². The summed E-state index contributed by atoms with van der Waals surface area (Å²) in [6.45, 7) is 10.0. The lowest BCUT2D eigenvalue weighted by molar-refractivity contribution is -0.117. The smallest absolute Gasteiger partial charge is 0.260 e. The van der Waals surface area contributed by atoms with Crippen LogP contribution in [0.1, 0.15) is 69.4 Å². The third kappa shape index (κ3) is 5.46. The van der Waals surface area contributed by atoms with Gasteiger partial charge in [0.25, 0.3) is 5.91 Å². The normalized spacial score (nSPS) is 17.0. The summed E-state index contributed by atoms with van der Waals surface area (Å²) in [6, 6.07) is 1.75. The minimum absolute atomic E-state index is 0.0342. The zero-order valence-corrected chi connectivity index (χ0v) is 23.8. The summed E-state index contributed by atoms with van der Waals surface area (Å²) >= 11 is 1.44. The highest BCUT2D eigenvalue weighted by molar-refractivity contribution is 7.21. The third-order valence-electron chi connectivity index (χ3n) is 7.84. The molecule has 1 aliphatic carbocycles. The van der Waals surface area contributed by atoms with Gasteiger partial charge < -0.3 is 15.7 Å². The molecule has 1 fully saturated rings. The first-order chi connectivity index (χ1) is 18.5. The Kier molecular flexibility index (Phi) is 7.06. The van der Waals surface area contributed by atoms with Gasteiger partial charge in [-0.05, 0) is 51.0 Å². The number of thiazole rings is 1. The fourth-order valence-corrected chi connectivity index (χ4v) is 6.09. The summed E-state index contributed by atoms with van der Waals surface area (Å²) in [7, 11) is 0. The van der Waals surface area contributed by atoms with Gasteiger partial charge in [-0.3, -0.25) is 19.3 Å². The van der Waals surface area contributed by atoms with Crippen molar-refractivity contribution < 1.29 is 14.7 Å². The van der Waals surface area contributed by atoms with Crippen LogP contribution in [0.25, 0.3) is 15.3 Å². The number of pyridine rings is 1. The molecule has 4 aromatic rings. The number of amides is 2. The molecule has 4 heterocycles. The van der Waals surface area contributed by atoms with Gasteiger partial charge in [0.05, 0.1) is 58.2 Å². The summed E-state index contributed by atoms with van der Waals surface area (Å²) < 4.78 is 3.41. The van der Waals surface area contributed by atoms with E-state index in [-0.39, 0.29) is 23.8 Å². The number of fused-ring (bicyclic) bond motifs is 1. The summed E-state index contributed by atoms with van der Waals surface area (Å²) in [6.07, 6.45) is 12.5. The molecule has 39 heavy (non-hydrogen) atoms. The molecule has 0 aliphatic heterocycles. The molecule has 5 rings (SSSR count). The third-order valence-corrected chi connectivity index (χ3v) is 9.01. The second kappa shape index (κ2) is 10.2. The van der Waals surface area contributed by atoms with E-state index in [1.807, 2.05) is 33.2 Å². The number of anilines is 2. The van der Waals surface area contributed by atoms with Crippen molar-refractivity contribution >= 4 is 39.4 Å². The Balaban J connectivity index is 1.30. The SMILES string of the molecule is Cc1ncc(NC(=O)CC2CCCC2(C)C)cc1NC(=O)c1cnn2cc(-c3cnn(C(C)(C)CO)c3)sc12. The molecule has 11 heteroatoms. The van der Waals surface area contributed by atoms with E-state index < -0.39 is 5.54 Å². The predicted molar refractivity (Wildman–Crippen MR) is 152 cm³/mol. The summed E-state index contributed by atoms with van der Waals surface area (Å²) in [5.74, 6) is 0.0238. The molecule has 1 saturated carbocycles. The van der Waals surface area contributed by atoms with E-state index >= 15 is 0 Å². The highest BCUT2D eigenvalue weighted by Crippen LogP contribution is 2.44. The van der Waals surface area contributed by atoms with Crippen molar-refractivity contribution in [2.45, 2.75) is 65.8 Å². The highest BCUT2D eigenvalue weighted by atomic mass is 32.1. The van der Waals surface area contributed by atoms with E-state index in [9.17, 15) is 14.7 Å². The molecule has 4 aromatic heterocycles. The zero-order valence-electron chi connectivity index (χ0n) is 23.0. The Morgan fingerprint density at radius 1 is 1.18 bits per heavy atom. The molecule has 2 amide bonds. The van der Waals surface area contributed by atoms with Crippen LogP contribution in [0.5, 0.6) is 0 Å². The second-order valence-corrected chi connectivity index (χ2v) is 12.7. The number of aliphatic hydroxyl groups excluding tert-OH is 1. The summed E-state index contributed by atoms with van der Waals surface area (Å²) in [4.78, 5) is 32.0. The maximum atomic E-state index is 13.3. The molecule has 0 radical (unpaired) electrons. The first-order valence-corrected chi connectivity index (χ1v) is 14.0. The van der Waals surface area contributed by atoms with Crippen LogP contribution in [0.3, 0.4) is 0 Å². The van der Waals surface area contributed by atoms with Crippen molar-refractivity contribution in [2.24, 2.45) is 11.3 Å². The molecule has 10 nitrogen and oxygen atoms in total. The molecular weight excluding hydrogens is 514 g/mol. The average molecular weight is 550 g/mol. The number of nitrogens with one attached hydrogen (secondary N) is 2. The van der Waals surface area contributed by atoms with Crippen LogP contribution in [0.4, 0.5) is 11.4 Å². The number of carbonyl (C=O) groups excluding carboxylic acids is 2. The van der Waals surface area contributed by atoms with E-state index in [0.717, 1.165) is 29.7 Å². The molecule has 0 bridgehead atoms. The first kappa shape index (κ1) is 27.0. The van der Waals surface area contributed by atoms with E-state index in [2.05, 4.69) is 39.7 Å². The van der Waals surface area contributed by atoms with Gasteiger partial charge in [-0.25, -0.2) is 4.52 Å². The highest BCUT2D eigenvalue weighted by Gasteiger charge is 2.35. The summed E-state index contributed by atoms with van der Waals surface area (Å²) in [5, 5.41) is 24.3. The lowest BCUT2D eigenvalue weighted by Gasteiger charge is -2.26. The van der Waals surface area contributed by atoms with Gasteiger partial charge >= 0.3 is 0 Å². The Morgan fingerprint density at radius 3 is 2.69 bits per heavy atom. The number of aromatic nitrogens is 5. The maximum Gasteiger partial charge on any atom is 0.260 e. The van der Waals surface area contributed by atoms with Gasteiger partial charge in [-0.1, -0.05) is 20.3 Å². The molecule has 0 aromatic carbocycles. The minimum Gasteiger partial charge on any atom is -0.394 e. The molecule has 1 atom stereocenters. The van der Waals surface area contributed by atoms with Crippen LogP contribution in [0, 0.1) is 18.3 Å². The Hall–Kier alpha value is -3.57. The quantitative estimate of drug-likeness (QED) is 0.281. The number of carbonyl (C=O) groups is 2. The van der Waals surface area contributed by atoms with Crippen molar-refractivity contribution in [3.8, 4) is 10.4 Å². The van der Waals surface area contributed by atoms with E-state index in [1.165, 1.54) is 11.3 Å². The lowest BCUT2D eigenvalue weighted by Crippen LogP contribution is -2.30.